The number of aliphatic hydroxyl groups is 1. The molecule has 7 nitrogen and oxygen atoms in total. The van der Waals surface area contributed by atoms with Crippen LogP contribution in [0.25, 0.3) is 11.1 Å². The van der Waals surface area contributed by atoms with E-state index in [1.807, 2.05) is 0 Å². The first-order valence-corrected chi connectivity index (χ1v) is 10.7. The van der Waals surface area contributed by atoms with E-state index in [1.165, 1.54) is 49.6 Å². The molecule has 0 saturated carbocycles. The number of hydrogen-bond acceptors (Lipinski definition) is 6. The Morgan fingerprint density at radius 2 is 1.83 bits per heavy atom. The van der Waals surface area contributed by atoms with Crippen LogP contribution < -0.4 is 25.7 Å². The average molecular weight is 527 g/mol. The zero-order valence-electron chi connectivity index (χ0n) is 18.5. The van der Waals surface area contributed by atoms with Crippen LogP contribution in [0.2, 0.25) is 5.02 Å². The number of benzene rings is 3. The summed E-state index contributed by atoms with van der Waals surface area (Å²) in [5.74, 6) is -2.94. The van der Waals surface area contributed by atoms with Gasteiger partial charge in [0.15, 0.2) is 17.2 Å². The van der Waals surface area contributed by atoms with E-state index in [2.05, 4.69) is 4.74 Å². The molecule has 0 aromatic heterocycles. The van der Waals surface area contributed by atoms with E-state index in [-0.39, 0.29) is 44.3 Å². The number of para-hydroxylation sites is 1. The van der Waals surface area contributed by atoms with E-state index in [1.54, 1.807) is 0 Å². The van der Waals surface area contributed by atoms with Crippen LogP contribution in [0.4, 0.5) is 17.6 Å². The molecule has 0 fully saturated rings. The van der Waals surface area contributed by atoms with E-state index in [0.717, 1.165) is 6.07 Å². The number of hydrogen-bond donors (Lipinski definition) is 3. The van der Waals surface area contributed by atoms with Crippen molar-refractivity contribution in [3.63, 3.8) is 0 Å². The van der Waals surface area contributed by atoms with Gasteiger partial charge in [-0.05, 0) is 30.3 Å². The van der Waals surface area contributed by atoms with Gasteiger partial charge >= 0.3 is 6.36 Å². The second kappa shape index (κ2) is 9.16. The van der Waals surface area contributed by atoms with Gasteiger partial charge in [-0.1, -0.05) is 29.8 Å². The topological polar surface area (TPSA) is 117 Å². The van der Waals surface area contributed by atoms with Gasteiger partial charge in [-0.25, -0.2) is 4.39 Å². The van der Waals surface area contributed by atoms with Gasteiger partial charge in [0.2, 0.25) is 5.91 Å². The van der Waals surface area contributed by atoms with Gasteiger partial charge in [0.05, 0.1) is 12.7 Å². The number of ether oxygens (including phenoxy) is 3. The van der Waals surface area contributed by atoms with Crippen LogP contribution in [0, 0.1) is 5.82 Å². The lowest BCUT2D eigenvalue weighted by atomic mass is 9.82. The standard InChI is InChI=1S/C24H19ClF4N2O5/c1-34-16-8-6-11(22(31)33)17(20(16)26)18-13(25)7-9-15-19(18)21(32)23(10-30,35-15)12-4-2-3-5-14(12)36-24(27,28)29/h2-9,21,32H,10,30H2,1H3,(H2,31,33). The fourth-order valence-corrected chi connectivity index (χ4v) is 4.59. The Balaban J connectivity index is 1.99. The minimum atomic E-state index is -5.04. The van der Waals surface area contributed by atoms with Crippen LogP contribution >= 0.6 is 11.6 Å². The summed E-state index contributed by atoms with van der Waals surface area (Å²) < 4.78 is 69.9. The number of carbonyl (C=O) groups excluding carboxylic acids is 1. The molecule has 4 rings (SSSR count). The Morgan fingerprint density at radius 1 is 1.14 bits per heavy atom. The number of primary amides is 1. The van der Waals surface area contributed by atoms with Crippen molar-refractivity contribution in [2.45, 2.75) is 18.1 Å². The zero-order chi connectivity index (χ0) is 26.4. The maximum atomic E-state index is 15.5. The smallest absolute Gasteiger partial charge is 0.494 e. The Kier molecular flexibility index (Phi) is 6.50. The monoisotopic (exact) mass is 526 g/mol. The van der Waals surface area contributed by atoms with Gasteiger partial charge in [0, 0.05) is 33.8 Å². The lowest BCUT2D eigenvalue weighted by molar-refractivity contribution is -0.275. The number of aliphatic hydroxyl groups excluding tert-OH is 1. The van der Waals surface area contributed by atoms with Crippen LogP contribution in [0.3, 0.4) is 0 Å². The summed E-state index contributed by atoms with van der Waals surface area (Å²) in [7, 11) is 1.21. The van der Waals surface area contributed by atoms with Crippen molar-refractivity contribution in [2.24, 2.45) is 11.5 Å². The van der Waals surface area contributed by atoms with Crippen molar-refractivity contribution in [2.75, 3.05) is 13.7 Å². The molecule has 1 aliphatic heterocycles. The Bertz CT molecular complexity index is 1350. The number of methoxy groups -OCH3 is 1. The van der Waals surface area contributed by atoms with Crippen molar-refractivity contribution in [1.29, 1.82) is 0 Å². The number of amides is 1. The molecule has 5 N–H and O–H groups in total. The van der Waals surface area contributed by atoms with Gasteiger partial charge in [-0.2, -0.15) is 0 Å². The first-order chi connectivity index (χ1) is 16.9. The molecule has 1 heterocycles. The average Bonchev–Trinajstić information content (AvgIpc) is 3.11. The van der Waals surface area contributed by atoms with Crippen molar-refractivity contribution in [1.82, 2.24) is 0 Å². The van der Waals surface area contributed by atoms with Gasteiger partial charge in [-0.15, -0.1) is 13.2 Å². The van der Waals surface area contributed by atoms with Gasteiger partial charge < -0.3 is 30.8 Å². The van der Waals surface area contributed by atoms with Crippen molar-refractivity contribution < 1.29 is 41.7 Å². The fraction of sp³-hybridized carbons (Fsp3) is 0.208. The van der Waals surface area contributed by atoms with Crippen LogP contribution in [0.5, 0.6) is 17.2 Å². The predicted octanol–water partition coefficient (Wildman–Crippen LogP) is 4.43. The third kappa shape index (κ3) is 4.08. The molecule has 12 heteroatoms. The molecule has 3 aromatic rings. The summed E-state index contributed by atoms with van der Waals surface area (Å²) in [6.07, 6.45) is -6.81. The van der Waals surface area contributed by atoms with Crippen molar-refractivity contribution in [3.8, 4) is 28.4 Å². The van der Waals surface area contributed by atoms with E-state index in [9.17, 15) is 23.1 Å². The second-order valence-corrected chi connectivity index (χ2v) is 8.25. The molecule has 0 radical (unpaired) electrons. The van der Waals surface area contributed by atoms with Gasteiger partial charge in [-0.3, -0.25) is 4.79 Å². The van der Waals surface area contributed by atoms with E-state index >= 15 is 4.39 Å². The summed E-state index contributed by atoms with van der Waals surface area (Å²) in [6.45, 7) is -0.512. The Labute approximate surface area is 207 Å². The maximum absolute atomic E-state index is 15.5. The molecule has 0 bridgehead atoms. The molecule has 0 spiro atoms. The zero-order valence-corrected chi connectivity index (χ0v) is 19.3. The Morgan fingerprint density at radius 3 is 2.44 bits per heavy atom. The summed E-state index contributed by atoms with van der Waals surface area (Å²) >= 11 is 6.42. The fourth-order valence-electron chi connectivity index (χ4n) is 4.33. The van der Waals surface area contributed by atoms with Crippen LogP contribution in [0.15, 0.2) is 48.5 Å². The van der Waals surface area contributed by atoms with Crippen molar-refractivity contribution in [3.05, 3.63) is 76.1 Å². The summed E-state index contributed by atoms with van der Waals surface area (Å²) in [5, 5.41) is 11.4. The Hall–Kier alpha value is -3.54. The molecule has 190 valence electrons. The first-order valence-electron chi connectivity index (χ1n) is 10.4. The highest BCUT2D eigenvalue weighted by Gasteiger charge is 2.52. The second-order valence-electron chi connectivity index (χ2n) is 7.84. The third-order valence-electron chi connectivity index (χ3n) is 5.88. The molecule has 0 aliphatic carbocycles. The number of fused-ring (bicyclic) bond motifs is 1. The van der Waals surface area contributed by atoms with Gasteiger partial charge in [0.25, 0.3) is 0 Å². The molecule has 2 atom stereocenters. The maximum Gasteiger partial charge on any atom is 0.573 e. The highest BCUT2D eigenvalue weighted by Crippen LogP contribution is 2.56. The predicted molar refractivity (Wildman–Crippen MR) is 121 cm³/mol. The first kappa shape index (κ1) is 25.5. The molecular formula is C24H19ClF4N2O5. The number of rotatable bonds is 6. The summed E-state index contributed by atoms with van der Waals surface area (Å²) in [6, 6.07) is 10.1. The number of nitrogens with two attached hydrogens (primary N) is 2. The molecular weight excluding hydrogens is 508 g/mol. The lowest BCUT2D eigenvalue weighted by Crippen LogP contribution is -2.43. The third-order valence-corrected chi connectivity index (χ3v) is 6.19. The normalized spacial score (nSPS) is 18.9. The molecule has 0 saturated heterocycles. The van der Waals surface area contributed by atoms with E-state index < -0.39 is 42.1 Å². The minimum absolute atomic E-state index is 0.0493. The molecule has 1 amide bonds. The summed E-state index contributed by atoms with van der Waals surface area (Å²) in [4.78, 5) is 12.2. The molecule has 36 heavy (non-hydrogen) atoms. The van der Waals surface area contributed by atoms with Crippen LogP contribution in [-0.2, 0) is 5.60 Å². The number of halogens is 5. The highest BCUT2D eigenvalue weighted by atomic mass is 35.5. The SMILES string of the molecule is COc1ccc(C(N)=O)c(-c2c(Cl)ccc3c2C(O)C(CN)(c2ccccc2OC(F)(F)F)O3)c1F. The number of carbonyl (C=O) groups is 1. The van der Waals surface area contributed by atoms with E-state index in [0.29, 0.717) is 0 Å². The molecule has 3 aromatic carbocycles. The van der Waals surface area contributed by atoms with Gasteiger partial charge in [0.1, 0.15) is 17.6 Å². The van der Waals surface area contributed by atoms with Crippen molar-refractivity contribution >= 4 is 17.5 Å². The lowest BCUT2D eigenvalue weighted by Gasteiger charge is -2.32. The molecule has 2 unspecified atom stereocenters. The largest absolute Gasteiger partial charge is 0.573 e. The highest BCUT2D eigenvalue weighted by molar-refractivity contribution is 6.34. The summed E-state index contributed by atoms with van der Waals surface area (Å²) in [5.41, 5.74) is 8.32. The minimum Gasteiger partial charge on any atom is -0.494 e. The van der Waals surface area contributed by atoms with E-state index in [4.69, 9.17) is 32.5 Å². The quantitative estimate of drug-likeness (QED) is 0.409. The molecule has 1 aliphatic rings. The van der Waals surface area contributed by atoms with Crippen LogP contribution in [-0.4, -0.2) is 31.0 Å². The van der Waals surface area contributed by atoms with Crippen LogP contribution in [0.1, 0.15) is 27.6 Å². The number of alkyl halides is 3.